The Balaban J connectivity index is 2.54. The van der Waals surface area contributed by atoms with Crippen molar-refractivity contribution in [2.24, 2.45) is 0 Å². The lowest BCUT2D eigenvalue weighted by atomic mass is 10.0. The molecule has 0 radical (unpaired) electrons. The number of hydrogen-bond donors (Lipinski definition) is 0. The van der Waals surface area contributed by atoms with Gasteiger partial charge in [0.25, 0.3) is 0 Å². The van der Waals surface area contributed by atoms with Gasteiger partial charge in [0, 0.05) is 8.90 Å². The Bertz CT molecular complexity index is 451. The monoisotopic (exact) mass is 372 g/mol. The van der Waals surface area contributed by atoms with Crippen molar-refractivity contribution in [2.45, 2.75) is 5.33 Å². The van der Waals surface area contributed by atoms with Gasteiger partial charge in [-0.3, -0.25) is 0 Å². The van der Waals surface area contributed by atoms with Gasteiger partial charge in [0.05, 0.1) is 0 Å². The molecule has 0 N–H and O–H groups in total. The van der Waals surface area contributed by atoms with Crippen LogP contribution in [0.25, 0.3) is 11.1 Å². The van der Waals surface area contributed by atoms with Crippen LogP contribution in [0.4, 0.5) is 0 Å². The number of rotatable bonds is 2. The first-order chi connectivity index (χ1) is 7.33. The van der Waals surface area contributed by atoms with Crippen molar-refractivity contribution in [3.8, 4) is 11.1 Å². The van der Waals surface area contributed by atoms with E-state index in [9.17, 15) is 0 Å². The largest absolute Gasteiger partial charge is 0.0876 e. The fourth-order valence-electron chi connectivity index (χ4n) is 1.52. The number of benzene rings is 2. The summed E-state index contributed by atoms with van der Waals surface area (Å²) in [5.41, 5.74) is 3.94. The average Bonchev–Trinajstić information content (AvgIpc) is 2.30. The second kappa shape index (κ2) is 5.12. The van der Waals surface area contributed by atoms with Gasteiger partial charge in [-0.05, 0) is 39.3 Å². The van der Waals surface area contributed by atoms with Gasteiger partial charge < -0.3 is 0 Å². The number of halogens is 2. The summed E-state index contributed by atoms with van der Waals surface area (Å²) in [6, 6.07) is 16.9. The van der Waals surface area contributed by atoms with E-state index in [1.807, 2.05) is 6.07 Å². The van der Waals surface area contributed by atoms with Crippen molar-refractivity contribution in [1.29, 1.82) is 0 Å². The minimum absolute atomic E-state index is 0.909. The van der Waals surface area contributed by atoms with E-state index in [-0.39, 0.29) is 0 Å². The molecule has 15 heavy (non-hydrogen) atoms. The van der Waals surface area contributed by atoms with Crippen LogP contribution >= 0.6 is 38.5 Å². The minimum atomic E-state index is 0.909. The fourth-order valence-corrected chi connectivity index (χ4v) is 3.38. The SMILES string of the molecule is BrCc1cccc(-c2ccccc2)c1I. The molecule has 0 spiro atoms. The van der Waals surface area contributed by atoms with E-state index in [1.54, 1.807) is 0 Å². The average molecular weight is 373 g/mol. The lowest BCUT2D eigenvalue weighted by Gasteiger charge is -2.07. The van der Waals surface area contributed by atoms with Crippen molar-refractivity contribution in [2.75, 3.05) is 0 Å². The second-order valence-electron chi connectivity index (χ2n) is 3.28. The van der Waals surface area contributed by atoms with Crippen LogP contribution in [0.2, 0.25) is 0 Å². The first-order valence-electron chi connectivity index (χ1n) is 4.71. The van der Waals surface area contributed by atoms with Gasteiger partial charge in [0.1, 0.15) is 0 Å². The lowest BCUT2D eigenvalue weighted by molar-refractivity contribution is 1.39. The van der Waals surface area contributed by atoms with Gasteiger partial charge in [-0.1, -0.05) is 64.5 Å². The summed E-state index contributed by atoms with van der Waals surface area (Å²) in [7, 11) is 0. The highest BCUT2D eigenvalue weighted by atomic mass is 127. The van der Waals surface area contributed by atoms with Gasteiger partial charge in [-0.15, -0.1) is 0 Å². The highest BCUT2D eigenvalue weighted by Gasteiger charge is 2.05. The normalized spacial score (nSPS) is 10.3. The van der Waals surface area contributed by atoms with Crippen molar-refractivity contribution in [1.82, 2.24) is 0 Å². The summed E-state index contributed by atoms with van der Waals surface area (Å²) in [6.07, 6.45) is 0. The summed E-state index contributed by atoms with van der Waals surface area (Å²) in [5, 5.41) is 0.909. The number of alkyl halides is 1. The Kier molecular flexibility index (Phi) is 3.81. The molecule has 0 fully saturated rings. The van der Waals surface area contributed by atoms with Gasteiger partial charge in [0.2, 0.25) is 0 Å². The topological polar surface area (TPSA) is 0 Å². The number of hydrogen-bond acceptors (Lipinski definition) is 0. The van der Waals surface area contributed by atoms with Crippen LogP contribution in [-0.4, -0.2) is 0 Å². The zero-order valence-corrected chi connectivity index (χ0v) is 11.8. The van der Waals surface area contributed by atoms with Crippen molar-refractivity contribution in [3.05, 3.63) is 57.7 Å². The van der Waals surface area contributed by atoms with Crippen molar-refractivity contribution < 1.29 is 0 Å². The Labute approximate surface area is 112 Å². The third-order valence-electron chi connectivity index (χ3n) is 2.31. The van der Waals surface area contributed by atoms with Crippen LogP contribution in [0.15, 0.2) is 48.5 Å². The maximum Gasteiger partial charge on any atom is 0.0293 e. The Morgan fingerprint density at radius 1 is 0.933 bits per heavy atom. The molecule has 2 aromatic rings. The molecule has 2 rings (SSSR count). The summed E-state index contributed by atoms with van der Waals surface area (Å²) < 4.78 is 1.33. The molecule has 2 aromatic carbocycles. The standard InChI is InChI=1S/C13H10BrI/c14-9-11-7-4-8-12(13(11)15)10-5-2-1-3-6-10/h1-8H,9H2. The lowest BCUT2D eigenvalue weighted by Crippen LogP contribution is -1.88. The summed E-state index contributed by atoms with van der Waals surface area (Å²) >= 11 is 5.92. The molecule has 0 saturated heterocycles. The summed E-state index contributed by atoms with van der Waals surface area (Å²) in [5.74, 6) is 0. The molecule has 0 saturated carbocycles. The summed E-state index contributed by atoms with van der Waals surface area (Å²) in [4.78, 5) is 0. The third kappa shape index (κ3) is 2.42. The quantitative estimate of drug-likeness (QED) is 0.522. The first kappa shape index (κ1) is 11.1. The molecule has 0 atom stereocenters. The van der Waals surface area contributed by atoms with E-state index in [1.165, 1.54) is 20.3 Å². The second-order valence-corrected chi connectivity index (χ2v) is 4.92. The van der Waals surface area contributed by atoms with Crippen LogP contribution in [0.3, 0.4) is 0 Å². The molecule has 0 nitrogen and oxygen atoms in total. The zero-order valence-electron chi connectivity index (χ0n) is 8.08. The maximum absolute atomic E-state index is 3.51. The Hall–Kier alpha value is -0.350. The molecule has 0 aromatic heterocycles. The molecule has 0 heterocycles. The predicted molar refractivity (Wildman–Crippen MR) is 77.2 cm³/mol. The predicted octanol–water partition coefficient (Wildman–Crippen LogP) is 4.85. The summed E-state index contributed by atoms with van der Waals surface area (Å²) in [6.45, 7) is 0. The van der Waals surface area contributed by atoms with Crippen LogP contribution in [-0.2, 0) is 5.33 Å². The highest BCUT2D eigenvalue weighted by Crippen LogP contribution is 2.28. The van der Waals surface area contributed by atoms with Gasteiger partial charge >= 0.3 is 0 Å². The van der Waals surface area contributed by atoms with E-state index < -0.39 is 0 Å². The molecule has 2 heteroatoms. The highest BCUT2D eigenvalue weighted by molar-refractivity contribution is 14.1. The molecule has 0 unspecified atom stereocenters. The molecule has 0 bridgehead atoms. The molecular weight excluding hydrogens is 363 g/mol. The van der Waals surface area contributed by atoms with Crippen LogP contribution in [0.5, 0.6) is 0 Å². The molecular formula is C13H10BrI. The molecule has 0 amide bonds. The molecule has 0 aliphatic rings. The van der Waals surface area contributed by atoms with Crippen LogP contribution in [0, 0.1) is 3.57 Å². The smallest absolute Gasteiger partial charge is 0.0293 e. The van der Waals surface area contributed by atoms with Crippen molar-refractivity contribution >= 4 is 38.5 Å². The van der Waals surface area contributed by atoms with E-state index in [0.29, 0.717) is 0 Å². The van der Waals surface area contributed by atoms with Crippen LogP contribution < -0.4 is 0 Å². The van der Waals surface area contributed by atoms with Crippen molar-refractivity contribution in [3.63, 3.8) is 0 Å². The van der Waals surface area contributed by atoms with E-state index in [2.05, 4.69) is 81.0 Å². The fraction of sp³-hybridized carbons (Fsp3) is 0.0769. The van der Waals surface area contributed by atoms with Gasteiger partial charge in [-0.25, -0.2) is 0 Å². The van der Waals surface area contributed by atoms with E-state index in [4.69, 9.17) is 0 Å². The maximum atomic E-state index is 3.51. The molecule has 76 valence electrons. The Morgan fingerprint density at radius 3 is 2.33 bits per heavy atom. The first-order valence-corrected chi connectivity index (χ1v) is 6.91. The zero-order chi connectivity index (χ0) is 10.7. The van der Waals surface area contributed by atoms with Gasteiger partial charge in [0.15, 0.2) is 0 Å². The minimum Gasteiger partial charge on any atom is -0.0876 e. The molecule has 0 aliphatic carbocycles. The van der Waals surface area contributed by atoms with Gasteiger partial charge in [-0.2, -0.15) is 0 Å². The van der Waals surface area contributed by atoms with E-state index in [0.717, 1.165) is 5.33 Å². The Morgan fingerprint density at radius 2 is 1.67 bits per heavy atom. The molecule has 0 aliphatic heterocycles. The third-order valence-corrected chi connectivity index (χ3v) is 4.19. The van der Waals surface area contributed by atoms with E-state index >= 15 is 0 Å². The van der Waals surface area contributed by atoms with Crippen LogP contribution in [0.1, 0.15) is 5.56 Å².